The highest BCUT2D eigenvalue weighted by Crippen LogP contribution is 2.21. The number of rotatable bonds is 3. The Hall–Kier alpha value is -2.18. The van der Waals surface area contributed by atoms with Crippen molar-refractivity contribution in [2.24, 2.45) is 4.99 Å². The third kappa shape index (κ3) is 5.47. The van der Waals surface area contributed by atoms with Gasteiger partial charge in [0.1, 0.15) is 10.1 Å². The van der Waals surface area contributed by atoms with Gasteiger partial charge in [-0.05, 0) is 55.1 Å². The van der Waals surface area contributed by atoms with E-state index in [0.29, 0.717) is 20.9 Å². The summed E-state index contributed by atoms with van der Waals surface area (Å²) >= 11 is 6.60. The minimum absolute atomic E-state index is 0.0166. The van der Waals surface area contributed by atoms with Crippen molar-refractivity contribution in [3.8, 4) is 5.75 Å². The Labute approximate surface area is 151 Å². The van der Waals surface area contributed by atoms with Crippen molar-refractivity contribution in [1.82, 2.24) is 4.90 Å². The maximum atomic E-state index is 11.3. The number of thioether (sulfide) groups is 1. The van der Waals surface area contributed by atoms with Crippen LogP contribution in [-0.4, -0.2) is 34.3 Å². The van der Waals surface area contributed by atoms with Crippen LogP contribution in [0.4, 0.5) is 5.69 Å². The summed E-state index contributed by atoms with van der Waals surface area (Å²) < 4.78 is 6.51. The second-order valence-corrected chi connectivity index (χ2v) is 6.74. The minimum Gasteiger partial charge on any atom is -0.433 e. The molecule has 0 radical (unpaired) electrons. The summed E-state index contributed by atoms with van der Waals surface area (Å²) in [6, 6.07) is 16.5. The van der Waals surface area contributed by atoms with Gasteiger partial charge in [-0.3, -0.25) is 4.79 Å². The van der Waals surface area contributed by atoms with Gasteiger partial charge in [0.15, 0.2) is 5.78 Å². The van der Waals surface area contributed by atoms with E-state index >= 15 is 0 Å². The zero-order valence-corrected chi connectivity index (χ0v) is 15.4. The summed E-state index contributed by atoms with van der Waals surface area (Å²) in [5, 5.41) is 0.426. The zero-order valence-electron chi connectivity index (χ0n) is 13.7. The smallest absolute Gasteiger partial charge is 0.263 e. The fourth-order valence-corrected chi connectivity index (χ4v) is 2.53. The Morgan fingerprint density at radius 1 is 1.08 bits per heavy atom. The molecule has 0 heterocycles. The molecule has 0 saturated heterocycles. The third-order valence-electron chi connectivity index (χ3n) is 2.98. The minimum atomic E-state index is 0.0166. The fourth-order valence-electron chi connectivity index (χ4n) is 1.70. The van der Waals surface area contributed by atoms with E-state index in [0.717, 1.165) is 5.69 Å². The molecule has 4 nitrogen and oxygen atoms in total. The molecule has 0 aliphatic carbocycles. The van der Waals surface area contributed by atoms with Crippen LogP contribution in [0.5, 0.6) is 5.75 Å². The SMILES string of the molecule is CC(=O)c1ccc(OC(=Nc2ccccc2)SC(=S)N(C)C)cc1. The van der Waals surface area contributed by atoms with E-state index < -0.39 is 0 Å². The maximum absolute atomic E-state index is 11.3. The average Bonchev–Trinajstić information content (AvgIpc) is 2.56. The van der Waals surface area contributed by atoms with Gasteiger partial charge in [0.05, 0.1) is 5.69 Å². The highest BCUT2D eigenvalue weighted by molar-refractivity contribution is 8.32. The number of nitrogens with zero attached hydrogens (tertiary/aromatic N) is 2. The van der Waals surface area contributed by atoms with Crippen LogP contribution in [0.1, 0.15) is 17.3 Å². The first-order valence-corrected chi connectivity index (χ1v) is 8.50. The molecule has 0 amide bonds. The molecule has 0 aromatic heterocycles. The van der Waals surface area contributed by atoms with Gasteiger partial charge in [-0.1, -0.05) is 30.4 Å². The lowest BCUT2D eigenvalue weighted by Gasteiger charge is -2.14. The van der Waals surface area contributed by atoms with Crippen LogP contribution >= 0.6 is 24.0 Å². The van der Waals surface area contributed by atoms with E-state index in [1.165, 1.54) is 18.7 Å². The van der Waals surface area contributed by atoms with Gasteiger partial charge in [-0.2, -0.15) is 0 Å². The van der Waals surface area contributed by atoms with E-state index in [1.807, 2.05) is 49.3 Å². The van der Waals surface area contributed by atoms with E-state index in [-0.39, 0.29) is 5.78 Å². The summed E-state index contributed by atoms with van der Waals surface area (Å²) in [6.45, 7) is 1.53. The van der Waals surface area contributed by atoms with Crippen molar-refractivity contribution >= 4 is 45.0 Å². The van der Waals surface area contributed by atoms with Gasteiger partial charge in [-0.15, -0.1) is 0 Å². The monoisotopic (exact) mass is 358 g/mol. The van der Waals surface area contributed by atoms with Crippen LogP contribution in [0.15, 0.2) is 59.6 Å². The Morgan fingerprint density at radius 3 is 2.25 bits per heavy atom. The second kappa shape index (κ2) is 8.61. The summed E-state index contributed by atoms with van der Waals surface area (Å²) in [4.78, 5) is 17.7. The quantitative estimate of drug-likeness (QED) is 0.349. The molecule has 2 aromatic carbocycles. The van der Waals surface area contributed by atoms with Crippen molar-refractivity contribution in [3.05, 3.63) is 60.2 Å². The van der Waals surface area contributed by atoms with E-state index in [9.17, 15) is 4.79 Å². The number of hydrogen-bond donors (Lipinski definition) is 0. The summed E-state index contributed by atoms with van der Waals surface area (Å²) in [6.07, 6.45) is 0. The lowest BCUT2D eigenvalue weighted by Crippen LogP contribution is -2.19. The molecule has 6 heteroatoms. The third-order valence-corrected chi connectivity index (χ3v) is 4.49. The number of para-hydroxylation sites is 1. The highest BCUT2D eigenvalue weighted by atomic mass is 32.2. The number of carbonyl (C=O) groups excluding carboxylic acids is 1. The van der Waals surface area contributed by atoms with Crippen molar-refractivity contribution in [1.29, 1.82) is 0 Å². The number of benzene rings is 2. The molecule has 24 heavy (non-hydrogen) atoms. The number of aliphatic imine (C=N–C) groups is 1. The first-order valence-electron chi connectivity index (χ1n) is 7.27. The van der Waals surface area contributed by atoms with E-state index in [2.05, 4.69) is 4.99 Å². The Bertz CT molecular complexity index is 741. The van der Waals surface area contributed by atoms with Gasteiger partial charge in [0.2, 0.25) is 0 Å². The molecule has 0 unspecified atom stereocenters. The van der Waals surface area contributed by atoms with Gasteiger partial charge in [0.25, 0.3) is 5.23 Å². The Balaban J connectivity index is 2.23. The number of ketones is 1. The van der Waals surface area contributed by atoms with Crippen molar-refractivity contribution in [2.75, 3.05) is 14.1 Å². The summed E-state index contributed by atoms with van der Waals surface area (Å²) in [7, 11) is 3.74. The van der Waals surface area contributed by atoms with Crippen LogP contribution in [0.3, 0.4) is 0 Å². The number of ether oxygens (including phenoxy) is 1. The molecular weight excluding hydrogens is 340 g/mol. The number of thiocarbonyl (C=S) groups is 1. The van der Waals surface area contributed by atoms with Crippen LogP contribution in [0, 0.1) is 0 Å². The molecule has 0 bridgehead atoms. The average molecular weight is 358 g/mol. The predicted molar refractivity (Wildman–Crippen MR) is 104 cm³/mol. The van der Waals surface area contributed by atoms with Crippen LogP contribution < -0.4 is 4.74 Å². The first kappa shape index (κ1) is 18.2. The van der Waals surface area contributed by atoms with E-state index in [4.69, 9.17) is 17.0 Å². The van der Waals surface area contributed by atoms with Crippen LogP contribution in [0.2, 0.25) is 0 Å². The molecule has 124 valence electrons. The first-order chi connectivity index (χ1) is 11.5. The zero-order chi connectivity index (χ0) is 17.5. The molecule has 0 saturated carbocycles. The molecule has 0 spiro atoms. The van der Waals surface area contributed by atoms with Gasteiger partial charge in [0, 0.05) is 19.7 Å². The van der Waals surface area contributed by atoms with Crippen molar-refractivity contribution in [3.63, 3.8) is 0 Å². The van der Waals surface area contributed by atoms with Crippen LogP contribution in [-0.2, 0) is 0 Å². The maximum Gasteiger partial charge on any atom is 0.263 e. The highest BCUT2D eigenvalue weighted by Gasteiger charge is 2.11. The Morgan fingerprint density at radius 2 is 1.71 bits per heavy atom. The normalized spacial score (nSPS) is 11.0. The lowest BCUT2D eigenvalue weighted by molar-refractivity contribution is 0.101. The Kier molecular flexibility index (Phi) is 6.52. The van der Waals surface area contributed by atoms with Gasteiger partial charge < -0.3 is 9.64 Å². The number of Topliss-reactive ketones (excluding diaryl/α,β-unsaturated/α-hetero) is 1. The number of carbonyl (C=O) groups is 1. The number of hydrogen-bond acceptors (Lipinski definition) is 5. The topological polar surface area (TPSA) is 41.9 Å². The fraction of sp³-hybridized carbons (Fsp3) is 0.167. The molecule has 0 N–H and O–H groups in total. The summed E-state index contributed by atoms with van der Waals surface area (Å²) in [5.41, 5.74) is 1.42. The van der Waals surface area contributed by atoms with Crippen LogP contribution in [0.25, 0.3) is 0 Å². The predicted octanol–water partition coefficient (Wildman–Crippen LogP) is 4.54. The molecule has 0 aliphatic rings. The molecule has 2 rings (SSSR count). The summed E-state index contributed by atoms with van der Waals surface area (Å²) in [5.74, 6) is 0.617. The molecule has 0 fully saturated rings. The molecule has 0 aliphatic heterocycles. The molecule has 2 aromatic rings. The van der Waals surface area contributed by atoms with Crippen molar-refractivity contribution < 1.29 is 9.53 Å². The van der Waals surface area contributed by atoms with Gasteiger partial charge >= 0.3 is 0 Å². The largest absolute Gasteiger partial charge is 0.433 e. The van der Waals surface area contributed by atoms with E-state index in [1.54, 1.807) is 24.3 Å². The lowest BCUT2D eigenvalue weighted by atomic mass is 10.1. The van der Waals surface area contributed by atoms with Crippen molar-refractivity contribution in [2.45, 2.75) is 6.92 Å². The molecule has 0 atom stereocenters. The van der Waals surface area contributed by atoms with Gasteiger partial charge in [-0.25, -0.2) is 4.99 Å². The molecular formula is C18H18N2O2S2. The second-order valence-electron chi connectivity index (χ2n) is 5.16. The standard InChI is InChI=1S/C18H18N2O2S2/c1-13(21)14-9-11-16(12-10-14)22-17(24-18(23)20(2)3)19-15-7-5-4-6-8-15/h4-12H,1-3H3.